The van der Waals surface area contributed by atoms with Crippen molar-refractivity contribution >= 4 is 0 Å². The third-order valence-corrected chi connectivity index (χ3v) is 2.38. The van der Waals surface area contributed by atoms with Crippen LogP contribution >= 0.6 is 0 Å². The first kappa shape index (κ1) is 11.2. The number of ether oxygens (including phenoxy) is 1. The molecule has 0 saturated heterocycles. The third-order valence-electron chi connectivity index (χ3n) is 2.38. The summed E-state index contributed by atoms with van der Waals surface area (Å²) in [6.45, 7) is 0. The van der Waals surface area contributed by atoms with Gasteiger partial charge in [-0.15, -0.1) is 6.42 Å². The fourth-order valence-electron chi connectivity index (χ4n) is 1.47. The molecule has 17 heavy (non-hydrogen) atoms. The van der Waals surface area contributed by atoms with E-state index in [2.05, 4.69) is 10.9 Å². The van der Waals surface area contributed by atoms with E-state index in [0.717, 1.165) is 0 Å². The Morgan fingerprint density at radius 1 is 1.29 bits per heavy atom. The average molecular weight is 227 g/mol. The van der Waals surface area contributed by atoms with Crippen molar-refractivity contribution < 1.29 is 9.13 Å². The molecule has 84 valence electrons. The monoisotopic (exact) mass is 227 g/mol. The van der Waals surface area contributed by atoms with Gasteiger partial charge in [-0.2, -0.15) is 0 Å². The molecular weight excluding hydrogens is 217 g/mol. The van der Waals surface area contributed by atoms with Gasteiger partial charge in [0, 0.05) is 23.4 Å². The molecule has 2 rings (SSSR count). The molecule has 0 atom stereocenters. The summed E-state index contributed by atoms with van der Waals surface area (Å²) < 4.78 is 18.7. The predicted octanol–water partition coefficient (Wildman–Crippen LogP) is 2.88. The van der Waals surface area contributed by atoms with Gasteiger partial charge in [0.25, 0.3) is 0 Å². The smallest absolute Gasteiger partial charge is 0.136 e. The zero-order valence-electron chi connectivity index (χ0n) is 9.27. The maximum Gasteiger partial charge on any atom is 0.136 e. The lowest BCUT2D eigenvalue weighted by molar-refractivity contribution is 0.411. The second-order valence-electron chi connectivity index (χ2n) is 3.42. The maximum absolute atomic E-state index is 13.7. The highest BCUT2D eigenvalue weighted by Crippen LogP contribution is 2.24. The summed E-state index contributed by atoms with van der Waals surface area (Å²) in [5, 5.41) is 0. The van der Waals surface area contributed by atoms with Crippen molar-refractivity contribution in [2.75, 3.05) is 7.11 Å². The first-order chi connectivity index (χ1) is 8.24. The number of hydrogen-bond donors (Lipinski definition) is 0. The molecule has 1 aromatic carbocycles. The maximum atomic E-state index is 13.7. The Bertz CT molecular complexity index is 570. The van der Waals surface area contributed by atoms with Crippen LogP contribution in [0.2, 0.25) is 0 Å². The van der Waals surface area contributed by atoms with Crippen molar-refractivity contribution in [1.29, 1.82) is 0 Å². The normalized spacial score (nSPS) is 9.71. The minimum atomic E-state index is -0.370. The summed E-state index contributed by atoms with van der Waals surface area (Å²) in [7, 11) is 1.49. The van der Waals surface area contributed by atoms with Crippen molar-refractivity contribution in [3.8, 4) is 29.4 Å². The van der Waals surface area contributed by atoms with Crippen LogP contribution in [0.4, 0.5) is 4.39 Å². The molecule has 2 nitrogen and oxygen atoms in total. The Hall–Kier alpha value is -2.34. The van der Waals surface area contributed by atoms with Gasteiger partial charge in [-0.25, -0.2) is 4.39 Å². The van der Waals surface area contributed by atoms with Crippen LogP contribution in [0.25, 0.3) is 11.3 Å². The average Bonchev–Trinajstić information content (AvgIpc) is 2.39. The standard InChI is InChI=1S/C14H10FNO/c1-3-10-4-7-14(16-9-10)12-6-5-11(17-2)8-13(12)15/h1,4-9H,2H3. The van der Waals surface area contributed by atoms with Gasteiger partial charge in [0.1, 0.15) is 11.6 Å². The number of aromatic nitrogens is 1. The molecule has 0 fully saturated rings. The Morgan fingerprint density at radius 2 is 2.12 bits per heavy atom. The Kier molecular flexibility index (Phi) is 3.06. The van der Waals surface area contributed by atoms with E-state index < -0.39 is 0 Å². The van der Waals surface area contributed by atoms with Gasteiger partial charge in [-0.3, -0.25) is 4.98 Å². The second kappa shape index (κ2) is 4.67. The van der Waals surface area contributed by atoms with Crippen molar-refractivity contribution in [1.82, 2.24) is 4.98 Å². The number of rotatable bonds is 2. The van der Waals surface area contributed by atoms with E-state index >= 15 is 0 Å². The number of terminal acetylenes is 1. The van der Waals surface area contributed by atoms with Crippen LogP contribution < -0.4 is 4.74 Å². The molecule has 2 aromatic rings. The number of halogens is 1. The highest BCUT2D eigenvalue weighted by molar-refractivity contribution is 5.61. The van der Waals surface area contributed by atoms with Crippen LogP contribution in [0, 0.1) is 18.2 Å². The van der Waals surface area contributed by atoms with E-state index in [0.29, 0.717) is 22.6 Å². The van der Waals surface area contributed by atoms with Gasteiger partial charge in [0.2, 0.25) is 0 Å². The summed E-state index contributed by atoms with van der Waals surface area (Å²) in [6.07, 6.45) is 6.77. The summed E-state index contributed by atoms with van der Waals surface area (Å²) in [6, 6.07) is 8.07. The summed E-state index contributed by atoms with van der Waals surface area (Å²) in [5.41, 5.74) is 1.64. The van der Waals surface area contributed by atoms with Crippen molar-refractivity contribution in [2.24, 2.45) is 0 Å². The van der Waals surface area contributed by atoms with Crippen LogP contribution in [0.15, 0.2) is 36.5 Å². The van der Waals surface area contributed by atoms with E-state index in [1.165, 1.54) is 13.2 Å². The van der Waals surface area contributed by atoms with Gasteiger partial charge in [0.15, 0.2) is 0 Å². The molecule has 0 spiro atoms. The zero-order valence-corrected chi connectivity index (χ0v) is 9.27. The molecule has 0 amide bonds. The number of pyridine rings is 1. The number of nitrogens with zero attached hydrogens (tertiary/aromatic N) is 1. The van der Waals surface area contributed by atoms with Gasteiger partial charge in [0.05, 0.1) is 12.8 Å². The van der Waals surface area contributed by atoms with Crippen LogP contribution in [0.5, 0.6) is 5.75 Å². The van der Waals surface area contributed by atoms with Crippen molar-refractivity contribution in [3.63, 3.8) is 0 Å². The molecule has 1 aromatic heterocycles. The predicted molar refractivity (Wildman–Crippen MR) is 64.1 cm³/mol. The highest BCUT2D eigenvalue weighted by atomic mass is 19.1. The van der Waals surface area contributed by atoms with Gasteiger partial charge >= 0.3 is 0 Å². The van der Waals surface area contributed by atoms with E-state index in [9.17, 15) is 4.39 Å². The molecule has 1 heterocycles. The minimum Gasteiger partial charge on any atom is -0.497 e. The molecule has 0 unspecified atom stereocenters. The molecule has 0 aliphatic rings. The SMILES string of the molecule is C#Cc1ccc(-c2ccc(OC)cc2F)nc1. The Balaban J connectivity index is 2.42. The Labute approximate surface area is 99.1 Å². The fourth-order valence-corrected chi connectivity index (χ4v) is 1.47. The first-order valence-corrected chi connectivity index (χ1v) is 5.01. The summed E-state index contributed by atoms with van der Waals surface area (Å²) in [4.78, 5) is 4.11. The molecule has 0 aliphatic carbocycles. The van der Waals surface area contributed by atoms with E-state index in [1.807, 2.05) is 0 Å². The van der Waals surface area contributed by atoms with Crippen LogP contribution in [0.1, 0.15) is 5.56 Å². The lowest BCUT2D eigenvalue weighted by Gasteiger charge is -2.05. The summed E-state index contributed by atoms with van der Waals surface area (Å²) >= 11 is 0. The Morgan fingerprint density at radius 3 is 2.65 bits per heavy atom. The van der Waals surface area contributed by atoms with E-state index in [1.54, 1.807) is 30.5 Å². The quantitative estimate of drug-likeness (QED) is 0.736. The fraction of sp³-hybridized carbons (Fsp3) is 0.0714. The van der Waals surface area contributed by atoms with E-state index in [-0.39, 0.29) is 5.82 Å². The molecule has 0 N–H and O–H groups in total. The van der Waals surface area contributed by atoms with Gasteiger partial charge in [-0.05, 0) is 24.3 Å². The topological polar surface area (TPSA) is 22.1 Å². The number of methoxy groups -OCH3 is 1. The van der Waals surface area contributed by atoms with Gasteiger partial charge in [-0.1, -0.05) is 5.92 Å². The first-order valence-electron chi connectivity index (χ1n) is 5.01. The molecular formula is C14H10FNO. The van der Waals surface area contributed by atoms with Crippen LogP contribution in [-0.4, -0.2) is 12.1 Å². The number of benzene rings is 1. The van der Waals surface area contributed by atoms with Crippen molar-refractivity contribution in [3.05, 3.63) is 47.9 Å². The van der Waals surface area contributed by atoms with Crippen molar-refractivity contribution in [2.45, 2.75) is 0 Å². The summed E-state index contributed by atoms with van der Waals surface area (Å²) in [5.74, 6) is 2.57. The van der Waals surface area contributed by atoms with Crippen LogP contribution in [0.3, 0.4) is 0 Å². The molecule has 0 radical (unpaired) electrons. The molecule has 3 heteroatoms. The number of hydrogen-bond acceptors (Lipinski definition) is 2. The second-order valence-corrected chi connectivity index (χ2v) is 3.42. The largest absolute Gasteiger partial charge is 0.497 e. The van der Waals surface area contributed by atoms with E-state index in [4.69, 9.17) is 11.2 Å². The molecule has 0 saturated carbocycles. The zero-order chi connectivity index (χ0) is 12.3. The molecule has 0 aliphatic heterocycles. The highest BCUT2D eigenvalue weighted by Gasteiger charge is 2.07. The minimum absolute atomic E-state index is 0.370. The van der Waals surface area contributed by atoms with Gasteiger partial charge < -0.3 is 4.74 Å². The van der Waals surface area contributed by atoms with Crippen LogP contribution in [-0.2, 0) is 0 Å². The molecule has 0 bridgehead atoms. The lowest BCUT2D eigenvalue weighted by Crippen LogP contribution is -1.90. The lowest BCUT2D eigenvalue weighted by atomic mass is 10.1. The third kappa shape index (κ3) is 2.26.